The van der Waals surface area contributed by atoms with Crippen LogP contribution in [0.25, 0.3) is 11.5 Å². The summed E-state index contributed by atoms with van der Waals surface area (Å²) in [7, 11) is 1.70. The zero-order valence-electron chi connectivity index (χ0n) is 15.0. The molecule has 3 heterocycles. The second-order valence-corrected chi connectivity index (χ2v) is 6.87. The van der Waals surface area contributed by atoms with Crippen LogP contribution < -0.4 is 10.9 Å². The van der Waals surface area contributed by atoms with Crippen molar-refractivity contribution in [2.75, 3.05) is 12.0 Å². The van der Waals surface area contributed by atoms with Crippen LogP contribution in [0.1, 0.15) is 28.6 Å². The van der Waals surface area contributed by atoms with E-state index >= 15 is 0 Å². The lowest BCUT2D eigenvalue weighted by molar-refractivity contribution is 0.0925. The molecule has 27 heavy (non-hydrogen) atoms. The molecular formula is C18H20N6O2S. The fourth-order valence-electron chi connectivity index (χ4n) is 2.64. The Morgan fingerprint density at radius 3 is 2.85 bits per heavy atom. The molecule has 3 rings (SSSR count). The van der Waals surface area contributed by atoms with Crippen LogP contribution in [0.5, 0.6) is 0 Å². The number of pyridine rings is 1. The van der Waals surface area contributed by atoms with Gasteiger partial charge in [0.15, 0.2) is 5.82 Å². The van der Waals surface area contributed by atoms with E-state index in [9.17, 15) is 9.59 Å². The van der Waals surface area contributed by atoms with Gasteiger partial charge in [-0.2, -0.15) is 16.9 Å². The first-order valence-corrected chi connectivity index (χ1v) is 9.78. The molecule has 1 atom stereocenters. The largest absolute Gasteiger partial charge is 0.342 e. The zero-order valence-corrected chi connectivity index (χ0v) is 15.9. The molecule has 0 aliphatic heterocycles. The van der Waals surface area contributed by atoms with Crippen LogP contribution in [-0.4, -0.2) is 42.6 Å². The van der Waals surface area contributed by atoms with Crippen molar-refractivity contribution in [1.82, 2.24) is 30.0 Å². The van der Waals surface area contributed by atoms with E-state index in [1.54, 1.807) is 49.4 Å². The fourth-order valence-corrected chi connectivity index (χ4v) is 3.11. The number of carbonyl (C=O) groups is 1. The monoisotopic (exact) mass is 384 g/mol. The van der Waals surface area contributed by atoms with Crippen LogP contribution in [0.4, 0.5) is 0 Å². The number of carbonyl (C=O) groups excluding carboxylic acids is 1. The van der Waals surface area contributed by atoms with Gasteiger partial charge in [-0.3, -0.25) is 19.3 Å². The molecule has 3 aromatic heterocycles. The van der Waals surface area contributed by atoms with Gasteiger partial charge in [0.2, 0.25) is 0 Å². The minimum atomic E-state index is -0.399. The summed E-state index contributed by atoms with van der Waals surface area (Å²) in [5.41, 5.74) is 1.23. The molecule has 3 aromatic rings. The number of thioether (sulfide) groups is 1. The topological polar surface area (TPSA) is 106 Å². The lowest BCUT2D eigenvalue weighted by atomic mass is 10.1. The number of aryl methyl sites for hydroxylation is 1. The average molecular weight is 384 g/mol. The molecule has 0 fully saturated rings. The van der Waals surface area contributed by atoms with Crippen molar-refractivity contribution in [3.63, 3.8) is 0 Å². The number of aromatic nitrogens is 5. The van der Waals surface area contributed by atoms with E-state index in [1.807, 2.05) is 12.3 Å². The predicted molar refractivity (Wildman–Crippen MR) is 105 cm³/mol. The highest BCUT2D eigenvalue weighted by Crippen LogP contribution is 2.19. The van der Waals surface area contributed by atoms with Gasteiger partial charge in [-0.25, -0.2) is 4.98 Å². The Balaban J connectivity index is 1.93. The van der Waals surface area contributed by atoms with E-state index in [0.29, 0.717) is 29.3 Å². The summed E-state index contributed by atoms with van der Waals surface area (Å²) in [6.45, 7) is 0. The minimum Gasteiger partial charge on any atom is -0.342 e. The summed E-state index contributed by atoms with van der Waals surface area (Å²) in [5, 5.41) is 6.99. The summed E-state index contributed by atoms with van der Waals surface area (Å²) < 4.78 is 1.51. The summed E-state index contributed by atoms with van der Waals surface area (Å²) in [4.78, 5) is 36.3. The zero-order chi connectivity index (χ0) is 19.2. The van der Waals surface area contributed by atoms with Crippen molar-refractivity contribution in [2.24, 2.45) is 7.05 Å². The first-order chi connectivity index (χ1) is 13.1. The smallest absolute Gasteiger partial charge is 0.270 e. The first-order valence-electron chi connectivity index (χ1n) is 8.39. The number of nitrogens with zero attached hydrogens (tertiary/aromatic N) is 4. The number of H-pyrrole nitrogens is 1. The van der Waals surface area contributed by atoms with Crippen LogP contribution in [0, 0.1) is 0 Å². The quantitative estimate of drug-likeness (QED) is 0.643. The normalized spacial score (nSPS) is 11.9. The SMILES string of the molecule is CSCC[C@@H](NC(=O)c1ccnn1C)c1cc(=O)[nH]c(-c2ccccn2)n1. The van der Waals surface area contributed by atoms with E-state index in [1.165, 1.54) is 10.7 Å². The van der Waals surface area contributed by atoms with E-state index in [4.69, 9.17) is 0 Å². The van der Waals surface area contributed by atoms with Gasteiger partial charge in [-0.15, -0.1) is 0 Å². The first kappa shape index (κ1) is 18.8. The Morgan fingerprint density at radius 1 is 1.33 bits per heavy atom. The summed E-state index contributed by atoms with van der Waals surface area (Å²) in [6.07, 6.45) is 5.83. The summed E-state index contributed by atoms with van der Waals surface area (Å²) >= 11 is 1.66. The van der Waals surface area contributed by atoms with Crippen molar-refractivity contribution in [1.29, 1.82) is 0 Å². The maximum atomic E-state index is 12.6. The third kappa shape index (κ3) is 4.62. The second-order valence-electron chi connectivity index (χ2n) is 5.88. The highest BCUT2D eigenvalue weighted by Gasteiger charge is 2.20. The van der Waals surface area contributed by atoms with Gasteiger partial charge in [0.25, 0.3) is 11.5 Å². The van der Waals surface area contributed by atoms with Gasteiger partial charge in [-0.1, -0.05) is 6.07 Å². The minimum absolute atomic E-state index is 0.262. The van der Waals surface area contributed by atoms with Crippen molar-refractivity contribution in [3.8, 4) is 11.5 Å². The Labute approximate surface area is 160 Å². The molecule has 9 heteroatoms. The summed E-state index contributed by atoms with van der Waals surface area (Å²) in [5.74, 6) is 0.925. The fraction of sp³-hybridized carbons (Fsp3) is 0.278. The Kier molecular flexibility index (Phi) is 6.02. The maximum Gasteiger partial charge on any atom is 0.270 e. The Morgan fingerprint density at radius 2 is 2.19 bits per heavy atom. The van der Waals surface area contributed by atoms with Gasteiger partial charge < -0.3 is 10.3 Å². The van der Waals surface area contributed by atoms with Crippen LogP contribution in [0.15, 0.2) is 47.5 Å². The Hall–Kier alpha value is -2.94. The van der Waals surface area contributed by atoms with E-state index in [-0.39, 0.29) is 11.5 Å². The second kappa shape index (κ2) is 8.63. The molecule has 0 saturated heterocycles. The van der Waals surface area contributed by atoms with Crippen LogP contribution in [0.2, 0.25) is 0 Å². The summed E-state index contributed by atoms with van der Waals surface area (Å²) in [6, 6.07) is 8.05. The molecule has 8 nitrogen and oxygen atoms in total. The number of hydrogen-bond donors (Lipinski definition) is 2. The van der Waals surface area contributed by atoms with Gasteiger partial charge >= 0.3 is 0 Å². The molecule has 140 valence electrons. The van der Waals surface area contributed by atoms with E-state index in [0.717, 1.165) is 5.75 Å². The number of nitrogens with one attached hydrogen (secondary N) is 2. The highest BCUT2D eigenvalue weighted by atomic mass is 32.2. The van der Waals surface area contributed by atoms with Crippen molar-refractivity contribution in [2.45, 2.75) is 12.5 Å². The van der Waals surface area contributed by atoms with Crippen molar-refractivity contribution < 1.29 is 4.79 Å². The molecule has 2 N–H and O–H groups in total. The molecule has 1 amide bonds. The highest BCUT2D eigenvalue weighted by molar-refractivity contribution is 7.98. The van der Waals surface area contributed by atoms with Crippen LogP contribution in [-0.2, 0) is 7.05 Å². The molecule has 0 bridgehead atoms. The number of rotatable bonds is 7. The molecule has 0 aliphatic carbocycles. The van der Waals surface area contributed by atoms with Gasteiger partial charge in [0, 0.05) is 25.5 Å². The third-order valence-corrected chi connectivity index (χ3v) is 4.64. The van der Waals surface area contributed by atoms with Gasteiger partial charge in [0.1, 0.15) is 11.4 Å². The number of aromatic amines is 1. The third-order valence-electron chi connectivity index (χ3n) is 4.00. The van der Waals surface area contributed by atoms with Crippen molar-refractivity contribution >= 4 is 17.7 Å². The van der Waals surface area contributed by atoms with Gasteiger partial charge in [-0.05, 0) is 36.6 Å². The van der Waals surface area contributed by atoms with Gasteiger partial charge in [0.05, 0.1) is 11.7 Å². The average Bonchev–Trinajstić information content (AvgIpc) is 3.11. The van der Waals surface area contributed by atoms with Crippen molar-refractivity contribution in [3.05, 3.63) is 64.5 Å². The standard InChI is InChI=1S/C18H20N6O2S/c1-24-15(6-9-20-24)18(26)22-12(7-10-27-2)14-11-16(25)23-17(21-14)13-5-3-4-8-19-13/h3-6,8-9,11-12H,7,10H2,1-2H3,(H,22,26)(H,21,23,25)/t12-/m1/s1. The molecule has 0 aliphatic rings. The molecule has 0 aromatic carbocycles. The van der Waals surface area contributed by atoms with Crippen LogP contribution >= 0.6 is 11.8 Å². The molecule has 0 unspecified atom stereocenters. The van der Waals surface area contributed by atoms with Crippen LogP contribution in [0.3, 0.4) is 0 Å². The number of amides is 1. The lowest BCUT2D eigenvalue weighted by Gasteiger charge is -2.18. The van der Waals surface area contributed by atoms with E-state index < -0.39 is 6.04 Å². The molecule has 0 radical (unpaired) electrons. The molecule has 0 saturated carbocycles. The predicted octanol–water partition coefficient (Wildman–Crippen LogP) is 1.79. The molecule has 0 spiro atoms. The van der Waals surface area contributed by atoms with E-state index in [2.05, 4.69) is 25.4 Å². The Bertz CT molecular complexity index is 969. The lowest BCUT2D eigenvalue weighted by Crippen LogP contribution is -2.32. The molecular weight excluding hydrogens is 364 g/mol. The maximum absolute atomic E-state index is 12.6. The number of hydrogen-bond acceptors (Lipinski definition) is 6.